The number of imidazole rings is 1. The Balaban J connectivity index is 1.30. The number of rotatable bonds is 13. The number of benzene rings is 3. The number of aromatic nitrogens is 4. The van der Waals surface area contributed by atoms with Crippen LogP contribution in [0, 0.1) is 0 Å². The van der Waals surface area contributed by atoms with Gasteiger partial charge in [-0.15, -0.1) is 0 Å². The van der Waals surface area contributed by atoms with E-state index in [-0.39, 0.29) is 12.6 Å². The van der Waals surface area contributed by atoms with Gasteiger partial charge < -0.3 is 38.5 Å². The summed E-state index contributed by atoms with van der Waals surface area (Å²) in [5.41, 5.74) is 2.16. The van der Waals surface area contributed by atoms with Gasteiger partial charge in [-0.25, -0.2) is 15.0 Å². The van der Waals surface area contributed by atoms with Gasteiger partial charge >= 0.3 is 11.9 Å². The minimum atomic E-state index is -1.20. The lowest BCUT2D eigenvalue weighted by atomic mass is 9.80. The Kier molecular flexibility index (Phi) is 10.5. The van der Waals surface area contributed by atoms with E-state index >= 15 is 0 Å². The molecule has 3 aromatic carbocycles. The number of carbonyl (C=O) groups excluding carboxylic acids is 2. The van der Waals surface area contributed by atoms with Gasteiger partial charge in [-0.2, -0.15) is 0 Å². The number of nitrogens with one attached hydrogen (secondary N) is 1. The minimum Gasteiger partial charge on any atom is -0.497 e. The van der Waals surface area contributed by atoms with Gasteiger partial charge in [0.15, 0.2) is 35.4 Å². The van der Waals surface area contributed by atoms with Crippen molar-refractivity contribution in [3.8, 4) is 11.5 Å². The first-order chi connectivity index (χ1) is 25.8. The van der Waals surface area contributed by atoms with Crippen LogP contribution < -0.4 is 14.8 Å². The fraction of sp³-hybridized carbons (Fsp3) is 0.359. The van der Waals surface area contributed by atoms with E-state index < -0.39 is 42.1 Å². The van der Waals surface area contributed by atoms with E-state index in [0.717, 1.165) is 23.1 Å². The van der Waals surface area contributed by atoms with Gasteiger partial charge in [-0.1, -0.05) is 54.6 Å². The maximum absolute atomic E-state index is 12.6. The van der Waals surface area contributed by atoms with Gasteiger partial charge in [0.2, 0.25) is 0 Å². The van der Waals surface area contributed by atoms with Crippen molar-refractivity contribution in [3.05, 3.63) is 108 Å². The number of hydrogen-bond acceptors (Lipinski definition) is 13. The van der Waals surface area contributed by atoms with Crippen LogP contribution in [0.15, 0.2) is 91.5 Å². The fourth-order valence-corrected chi connectivity index (χ4v) is 6.98. The first kappa shape index (κ1) is 35.8. The molecule has 2 aromatic heterocycles. The Labute approximate surface area is 306 Å². The van der Waals surface area contributed by atoms with Crippen LogP contribution in [0.4, 0.5) is 5.82 Å². The number of nitrogens with zero attached hydrogens (tertiary/aromatic N) is 4. The van der Waals surface area contributed by atoms with E-state index in [0.29, 0.717) is 41.7 Å². The molecule has 53 heavy (non-hydrogen) atoms. The van der Waals surface area contributed by atoms with Crippen molar-refractivity contribution in [2.45, 2.75) is 56.5 Å². The van der Waals surface area contributed by atoms with Gasteiger partial charge in [0, 0.05) is 20.5 Å². The van der Waals surface area contributed by atoms with Crippen LogP contribution in [0.2, 0.25) is 0 Å². The number of carbonyl (C=O) groups is 2. The summed E-state index contributed by atoms with van der Waals surface area (Å²) in [4.78, 5) is 38.8. The quantitative estimate of drug-likeness (QED) is 0.131. The second-order valence-corrected chi connectivity index (χ2v) is 12.8. The minimum absolute atomic E-state index is 0.0749. The predicted molar refractivity (Wildman–Crippen MR) is 191 cm³/mol. The number of esters is 2. The number of hydrogen-bond donors (Lipinski definition) is 1. The molecule has 0 spiro atoms. The zero-order valence-electron chi connectivity index (χ0n) is 29.8. The molecule has 14 nitrogen and oxygen atoms in total. The smallest absolute Gasteiger partial charge is 0.303 e. The summed E-state index contributed by atoms with van der Waals surface area (Å²) in [5, 5.41) is 3.39. The molecule has 0 amide bonds. The lowest BCUT2D eigenvalue weighted by Gasteiger charge is -2.37. The van der Waals surface area contributed by atoms with Crippen LogP contribution in [-0.2, 0) is 38.9 Å². The van der Waals surface area contributed by atoms with Gasteiger partial charge in [-0.3, -0.25) is 14.2 Å². The molecule has 276 valence electrons. The van der Waals surface area contributed by atoms with Gasteiger partial charge in [0.25, 0.3) is 0 Å². The lowest BCUT2D eigenvalue weighted by molar-refractivity contribution is -0.166. The van der Waals surface area contributed by atoms with Crippen molar-refractivity contribution in [2.24, 2.45) is 0 Å². The first-order valence-electron chi connectivity index (χ1n) is 17.3. The summed E-state index contributed by atoms with van der Waals surface area (Å²) < 4.78 is 43.7. The summed E-state index contributed by atoms with van der Waals surface area (Å²) in [6.45, 7) is 3.69. The first-order valence-corrected chi connectivity index (χ1v) is 17.3. The highest BCUT2D eigenvalue weighted by molar-refractivity contribution is 5.83. The van der Waals surface area contributed by atoms with Crippen LogP contribution in [0.1, 0.15) is 43.2 Å². The Morgan fingerprint density at radius 3 is 2.04 bits per heavy atom. The van der Waals surface area contributed by atoms with Gasteiger partial charge in [0.1, 0.15) is 29.5 Å². The standard InChI is InChI=1S/C39H41N5O9/c1-24(45)51-34-32(53-38(35(34)52-25(2)46)44-23-42-33-36(40-22-41-37(33)44)43-29-18-19-49-20-29)21-50-39(26-8-6-5-7-9-26,27-10-14-30(47-3)15-11-27)28-12-16-31(48-4)17-13-28/h5-17,22-23,29,32,34-35,38H,18-21H2,1-4H3,(H,40,41,43)/t29-,32-,34-,35-,38-/m1/s1. The van der Waals surface area contributed by atoms with Crippen molar-refractivity contribution in [3.63, 3.8) is 0 Å². The molecular formula is C39H41N5O9. The number of anilines is 1. The topological polar surface area (TPSA) is 154 Å². The fourth-order valence-electron chi connectivity index (χ4n) is 6.98. The Morgan fingerprint density at radius 2 is 1.45 bits per heavy atom. The third-order valence-corrected chi connectivity index (χ3v) is 9.43. The molecule has 5 atom stereocenters. The van der Waals surface area contributed by atoms with Crippen LogP contribution in [0.25, 0.3) is 11.2 Å². The third kappa shape index (κ3) is 7.25. The van der Waals surface area contributed by atoms with E-state index in [1.54, 1.807) is 25.1 Å². The average molecular weight is 724 g/mol. The van der Waals surface area contributed by atoms with Crippen LogP contribution in [-0.4, -0.2) is 89.9 Å². The molecule has 2 aliphatic rings. The molecule has 0 aliphatic carbocycles. The zero-order chi connectivity index (χ0) is 37.0. The third-order valence-electron chi connectivity index (χ3n) is 9.43. The highest BCUT2D eigenvalue weighted by Crippen LogP contribution is 2.44. The van der Waals surface area contributed by atoms with Gasteiger partial charge in [-0.05, 0) is 47.4 Å². The SMILES string of the molecule is COc1ccc(C(OC[C@H]2O[C@@H](n3cnc4c(N[C@@H]5CCOC5)ncnc43)[C@H](OC(C)=O)[C@@H]2OC(C)=O)(c2ccccc2)c2ccc(OC)cc2)cc1. The largest absolute Gasteiger partial charge is 0.497 e. The van der Waals surface area contributed by atoms with Crippen molar-refractivity contribution >= 4 is 28.9 Å². The second kappa shape index (κ2) is 15.6. The second-order valence-electron chi connectivity index (χ2n) is 12.8. The van der Waals surface area contributed by atoms with E-state index in [2.05, 4.69) is 20.3 Å². The van der Waals surface area contributed by atoms with E-state index in [4.69, 9.17) is 33.2 Å². The Bertz CT molecular complexity index is 1970. The molecule has 0 bridgehead atoms. The number of fused-ring (bicyclic) bond motifs is 1. The molecule has 2 aliphatic heterocycles. The molecule has 5 aromatic rings. The van der Waals surface area contributed by atoms with E-state index in [9.17, 15) is 9.59 Å². The summed E-state index contributed by atoms with van der Waals surface area (Å²) in [6, 6.07) is 25.1. The normalized spacial score (nSPS) is 21.3. The zero-order valence-corrected chi connectivity index (χ0v) is 29.8. The maximum Gasteiger partial charge on any atom is 0.303 e. The number of methoxy groups -OCH3 is 2. The summed E-state index contributed by atoms with van der Waals surface area (Å²) >= 11 is 0. The van der Waals surface area contributed by atoms with Crippen molar-refractivity contribution in [2.75, 3.05) is 39.4 Å². The van der Waals surface area contributed by atoms with Crippen LogP contribution in [0.5, 0.6) is 11.5 Å². The summed E-state index contributed by atoms with van der Waals surface area (Å²) in [6.07, 6.45) is -0.243. The summed E-state index contributed by atoms with van der Waals surface area (Å²) in [7, 11) is 3.22. The number of ether oxygens (including phenoxy) is 7. The highest BCUT2D eigenvalue weighted by Gasteiger charge is 2.52. The van der Waals surface area contributed by atoms with E-state index in [1.807, 2.05) is 78.9 Å². The Hall–Kier alpha value is -5.57. The highest BCUT2D eigenvalue weighted by atomic mass is 16.7. The van der Waals surface area contributed by atoms with Crippen molar-refractivity contribution in [1.82, 2.24) is 19.5 Å². The lowest BCUT2D eigenvalue weighted by Crippen LogP contribution is -2.42. The molecule has 4 heterocycles. The molecule has 14 heteroatoms. The molecular weight excluding hydrogens is 682 g/mol. The Morgan fingerprint density at radius 1 is 0.830 bits per heavy atom. The molecule has 2 saturated heterocycles. The molecule has 0 saturated carbocycles. The predicted octanol–water partition coefficient (Wildman–Crippen LogP) is 4.81. The monoisotopic (exact) mass is 723 g/mol. The molecule has 1 N–H and O–H groups in total. The van der Waals surface area contributed by atoms with Gasteiger partial charge in [0.05, 0.1) is 39.8 Å². The van der Waals surface area contributed by atoms with Crippen LogP contribution >= 0.6 is 0 Å². The molecule has 7 rings (SSSR count). The summed E-state index contributed by atoms with van der Waals surface area (Å²) in [5.74, 6) is 0.731. The molecule has 2 fully saturated rings. The molecule has 0 radical (unpaired) electrons. The van der Waals surface area contributed by atoms with Crippen molar-refractivity contribution in [1.29, 1.82) is 0 Å². The van der Waals surface area contributed by atoms with Crippen LogP contribution in [0.3, 0.4) is 0 Å². The average Bonchev–Trinajstić information content (AvgIpc) is 3.93. The van der Waals surface area contributed by atoms with E-state index in [1.165, 1.54) is 20.2 Å². The van der Waals surface area contributed by atoms with Crippen molar-refractivity contribution < 1.29 is 42.7 Å². The molecule has 0 unspecified atom stereocenters. The maximum atomic E-state index is 12.6.